The first-order valence-corrected chi connectivity index (χ1v) is 9.69. The Bertz CT molecular complexity index is 949. The summed E-state index contributed by atoms with van der Waals surface area (Å²) in [5, 5.41) is 6.78. The Balaban J connectivity index is 1.52. The summed E-state index contributed by atoms with van der Waals surface area (Å²) in [6, 6.07) is 12.2. The molecule has 0 aliphatic carbocycles. The number of anilines is 1. The van der Waals surface area contributed by atoms with Crippen LogP contribution in [0.3, 0.4) is 0 Å². The Morgan fingerprint density at radius 2 is 1.69 bits per heavy atom. The molecule has 1 aliphatic heterocycles. The normalized spacial score (nSPS) is 14.6. The summed E-state index contributed by atoms with van der Waals surface area (Å²) in [7, 11) is 1.99. The third-order valence-electron chi connectivity index (χ3n) is 5.15. The number of hydrogen-bond acceptors (Lipinski definition) is 4. The molecule has 3 aromatic rings. The Morgan fingerprint density at radius 3 is 2.45 bits per heavy atom. The van der Waals surface area contributed by atoms with Crippen molar-refractivity contribution in [3.05, 3.63) is 71.4 Å². The van der Waals surface area contributed by atoms with Crippen LogP contribution in [-0.2, 0) is 17.8 Å². The predicted octanol–water partition coefficient (Wildman–Crippen LogP) is 3.82. The van der Waals surface area contributed by atoms with Gasteiger partial charge in [0, 0.05) is 37.4 Å². The average molecular weight is 398 g/mol. The lowest BCUT2D eigenvalue weighted by molar-refractivity contribution is 0.122. The molecule has 152 valence electrons. The molecule has 1 fully saturated rings. The molecule has 0 bridgehead atoms. The summed E-state index contributed by atoms with van der Waals surface area (Å²) in [6.07, 6.45) is 1.63. The van der Waals surface area contributed by atoms with E-state index in [1.165, 1.54) is 29.4 Å². The highest BCUT2D eigenvalue weighted by molar-refractivity contribution is 5.64. The van der Waals surface area contributed by atoms with Gasteiger partial charge in [-0.1, -0.05) is 24.3 Å². The van der Waals surface area contributed by atoms with Crippen LogP contribution in [-0.4, -0.2) is 48.4 Å². The van der Waals surface area contributed by atoms with E-state index < -0.39 is 11.6 Å². The molecular formula is C22H24F2N4O. The second-order valence-corrected chi connectivity index (χ2v) is 7.27. The fraction of sp³-hybridized carbons (Fsp3) is 0.318. The predicted molar refractivity (Wildman–Crippen MR) is 109 cm³/mol. The van der Waals surface area contributed by atoms with E-state index in [4.69, 9.17) is 4.74 Å². The van der Waals surface area contributed by atoms with Crippen LogP contribution in [0.1, 0.15) is 11.1 Å². The number of rotatable bonds is 6. The maximum Gasteiger partial charge on any atom is 0.135 e. The van der Waals surface area contributed by atoms with Crippen molar-refractivity contribution in [3.8, 4) is 11.3 Å². The first-order valence-electron chi connectivity index (χ1n) is 9.69. The smallest absolute Gasteiger partial charge is 0.135 e. The van der Waals surface area contributed by atoms with Crippen LogP contribution in [0.15, 0.2) is 48.7 Å². The van der Waals surface area contributed by atoms with E-state index in [2.05, 4.69) is 32.1 Å². The van der Waals surface area contributed by atoms with Gasteiger partial charge in [-0.2, -0.15) is 5.10 Å². The van der Waals surface area contributed by atoms with Gasteiger partial charge in [-0.3, -0.25) is 10.00 Å². The van der Waals surface area contributed by atoms with Gasteiger partial charge in [-0.15, -0.1) is 0 Å². The number of ether oxygens (including phenoxy) is 1. The molecule has 7 heteroatoms. The van der Waals surface area contributed by atoms with Crippen LogP contribution in [0, 0.1) is 11.6 Å². The molecule has 1 aliphatic rings. The van der Waals surface area contributed by atoms with Gasteiger partial charge in [0.1, 0.15) is 11.6 Å². The number of morpholine rings is 1. The number of halogens is 2. The van der Waals surface area contributed by atoms with Crippen molar-refractivity contribution in [2.45, 2.75) is 13.1 Å². The topological polar surface area (TPSA) is 44.4 Å². The molecular weight excluding hydrogens is 374 g/mol. The second kappa shape index (κ2) is 8.71. The van der Waals surface area contributed by atoms with Crippen molar-refractivity contribution in [2.75, 3.05) is 38.3 Å². The van der Waals surface area contributed by atoms with Crippen molar-refractivity contribution in [2.24, 2.45) is 0 Å². The molecule has 2 aromatic carbocycles. The summed E-state index contributed by atoms with van der Waals surface area (Å²) in [5.74, 6) is -1.20. The standard InChI is InChI=1S/C22H24F2N4O/c1-27(14-16-5-2-3-8-20(16)28-9-11-29-12-10-28)15-17-13-25-26-22(17)21-18(23)6-4-7-19(21)24/h2-8,13H,9-12,14-15H2,1H3,(H,25,26). The number of nitrogens with one attached hydrogen (secondary N) is 1. The molecule has 0 spiro atoms. The second-order valence-electron chi connectivity index (χ2n) is 7.27. The molecule has 1 aromatic heterocycles. The third kappa shape index (κ3) is 4.31. The molecule has 1 N–H and O–H groups in total. The number of H-pyrrole nitrogens is 1. The van der Waals surface area contributed by atoms with Crippen LogP contribution < -0.4 is 4.90 Å². The zero-order chi connectivity index (χ0) is 20.2. The highest BCUT2D eigenvalue weighted by Crippen LogP contribution is 2.28. The monoisotopic (exact) mass is 398 g/mol. The lowest BCUT2D eigenvalue weighted by atomic mass is 10.1. The summed E-state index contributed by atoms with van der Waals surface area (Å²) in [4.78, 5) is 4.46. The van der Waals surface area contributed by atoms with E-state index >= 15 is 0 Å². The van der Waals surface area contributed by atoms with Gasteiger partial charge in [0.05, 0.1) is 30.7 Å². The van der Waals surface area contributed by atoms with Gasteiger partial charge < -0.3 is 9.64 Å². The number of aromatic nitrogens is 2. The van der Waals surface area contributed by atoms with Crippen molar-refractivity contribution in [3.63, 3.8) is 0 Å². The van der Waals surface area contributed by atoms with E-state index in [0.717, 1.165) is 31.9 Å². The van der Waals surface area contributed by atoms with E-state index in [9.17, 15) is 8.78 Å². The Morgan fingerprint density at radius 1 is 1.00 bits per heavy atom. The first-order chi connectivity index (χ1) is 14.1. The minimum atomic E-state index is -0.601. The first kappa shape index (κ1) is 19.5. The zero-order valence-corrected chi connectivity index (χ0v) is 16.4. The van der Waals surface area contributed by atoms with Gasteiger partial charge >= 0.3 is 0 Å². The summed E-state index contributed by atoms with van der Waals surface area (Å²) in [5.41, 5.74) is 3.48. The maximum atomic E-state index is 14.2. The van der Waals surface area contributed by atoms with Crippen LogP contribution in [0.4, 0.5) is 14.5 Å². The van der Waals surface area contributed by atoms with E-state index in [1.54, 1.807) is 6.20 Å². The SMILES string of the molecule is CN(Cc1ccccc1N1CCOCC1)Cc1cn[nH]c1-c1c(F)cccc1F. The number of hydrogen-bond donors (Lipinski definition) is 1. The van der Waals surface area contributed by atoms with E-state index in [-0.39, 0.29) is 5.56 Å². The maximum absolute atomic E-state index is 14.2. The molecule has 5 nitrogen and oxygen atoms in total. The van der Waals surface area contributed by atoms with Crippen LogP contribution in [0.2, 0.25) is 0 Å². The highest BCUT2D eigenvalue weighted by atomic mass is 19.1. The van der Waals surface area contributed by atoms with Crippen molar-refractivity contribution < 1.29 is 13.5 Å². The van der Waals surface area contributed by atoms with Crippen molar-refractivity contribution >= 4 is 5.69 Å². The van der Waals surface area contributed by atoms with Crippen molar-refractivity contribution in [1.82, 2.24) is 15.1 Å². The Labute approximate surface area is 168 Å². The molecule has 4 rings (SSSR count). The van der Waals surface area contributed by atoms with Gasteiger partial charge in [0.2, 0.25) is 0 Å². The fourth-order valence-corrected chi connectivity index (χ4v) is 3.78. The summed E-state index contributed by atoms with van der Waals surface area (Å²) in [6.45, 7) is 4.43. The van der Waals surface area contributed by atoms with Crippen LogP contribution >= 0.6 is 0 Å². The van der Waals surface area contributed by atoms with Gasteiger partial charge in [-0.05, 0) is 30.8 Å². The quantitative estimate of drug-likeness (QED) is 0.686. The number of para-hydroxylation sites is 1. The molecule has 0 amide bonds. The lowest BCUT2D eigenvalue weighted by Crippen LogP contribution is -2.37. The Kier molecular flexibility index (Phi) is 5.87. The minimum Gasteiger partial charge on any atom is -0.378 e. The molecule has 0 radical (unpaired) electrons. The van der Waals surface area contributed by atoms with Crippen molar-refractivity contribution in [1.29, 1.82) is 0 Å². The molecule has 1 saturated heterocycles. The van der Waals surface area contributed by atoms with Crippen LogP contribution in [0.25, 0.3) is 11.3 Å². The number of nitrogens with zero attached hydrogens (tertiary/aromatic N) is 3. The van der Waals surface area contributed by atoms with Gasteiger partial charge in [0.15, 0.2) is 0 Å². The minimum absolute atomic E-state index is 0.0675. The largest absolute Gasteiger partial charge is 0.378 e. The molecule has 0 saturated carbocycles. The third-order valence-corrected chi connectivity index (χ3v) is 5.15. The molecule has 2 heterocycles. The summed E-state index contributed by atoms with van der Waals surface area (Å²) < 4.78 is 33.9. The fourth-order valence-electron chi connectivity index (χ4n) is 3.78. The van der Waals surface area contributed by atoms with E-state index in [1.807, 2.05) is 19.2 Å². The Hall–Kier alpha value is -2.77. The number of aromatic amines is 1. The molecule has 0 atom stereocenters. The van der Waals surface area contributed by atoms with Crippen LogP contribution in [0.5, 0.6) is 0 Å². The highest BCUT2D eigenvalue weighted by Gasteiger charge is 2.19. The summed E-state index contributed by atoms with van der Waals surface area (Å²) >= 11 is 0. The van der Waals surface area contributed by atoms with E-state index in [0.29, 0.717) is 18.8 Å². The van der Waals surface area contributed by atoms with Gasteiger partial charge in [0.25, 0.3) is 0 Å². The zero-order valence-electron chi connectivity index (χ0n) is 16.4. The number of benzene rings is 2. The average Bonchev–Trinajstić information content (AvgIpc) is 3.16. The molecule has 29 heavy (non-hydrogen) atoms. The van der Waals surface area contributed by atoms with Gasteiger partial charge in [-0.25, -0.2) is 8.78 Å². The molecule has 0 unspecified atom stereocenters. The lowest BCUT2D eigenvalue weighted by Gasteiger charge is -2.31.